The minimum absolute atomic E-state index is 0.116. The molecule has 0 saturated carbocycles. The third-order valence-corrected chi connectivity index (χ3v) is 3.10. The second-order valence-electron chi connectivity index (χ2n) is 4.24. The van der Waals surface area contributed by atoms with Crippen LogP contribution in [0.5, 0.6) is 0 Å². The molecule has 0 aliphatic carbocycles. The van der Waals surface area contributed by atoms with E-state index in [9.17, 15) is 8.78 Å². The molecule has 0 aliphatic heterocycles. The number of tetrazole rings is 1. The van der Waals surface area contributed by atoms with E-state index in [0.717, 1.165) is 22.9 Å². The number of rotatable bonds is 2. The maximum absolute atomic E-state index is 13.9. The number of benzene rings is 2. The number of aromatic nitrogens is 4. The van der Waals surface area contributed by atoms with E-state index in [1.54, 1.807) is 18.2 Å². The van der Waals surface area contributed by atoms with Gasteiger partial charge in [-0.15, -0.1) is 5.10 Å². The molecule has 106 valence electrons. The van der Waals surface area contributed by atoms with Crippen LogP contribution in [0, 0.1) is 11.6 Å². The van der Waals surface area contributed by atoms with E-state index < -0.39 is 11.6 Å². The zero-order valence-corrected chi connectivity index (χ0v) is 11.2. The average molecular weight is 308 g/mol. The van der Waals surface area contributed by atoms with Crippen LogP contribution in [-0.4, -0.2) is 20.2 Å². The van der Waals surface area contributed by atoms with Gasteiger partial charge in [0.1, 0.15) is 17.3 Å². The molecule has 2 aromatic carbocycles. The molecule has 1 heterocycles. The fourth-order valence-corrected chi connectivity index (χ4v) is 2.06. The normalized spacial score (nSPS) is 10.8. The van der Waals surface area contributed by atoms with Crippen LogP contribution in [0.15, 0.2) is 36.4 Å². The van der Waals surface area contributed by atoms with Gasteiger partial charge in [0.15, 0.2) is 5.82 Å². The van der Waals surface area contributed by atoms with Gasteiger partial charge in [-0.3, -0.25) is 0 Å². The first kappa shape index (κ1) is 13.4. The summed E-state index contributed by atoms with van der Waals surface area (Å²) in [5, 5.41) is 11.4. The van der Waals surface area contributed by atoms with Gasteiger partial charge in [0, 0.05) is 22.3 Å². The molecule has 0 saturated heterocycles. The SMILES string of the molecule is Nc1ccc(Cl)cc1-c1nnnn1-c1cc(F)ccc1F. The van der Waals surface area contributed by atoms with Crippen molar-refractivity contribution in [3.63, 3.8) is 0 Å². The summed E-state index contributed by atoms with van der Waals surface area (Å²) in [6.07, 6.45) is 0. The Kier molecular flexibility index (Phi) is 3.26. The first-order chi connectivity index (χ1) is 10.1. The first-order valence-corrected chi connectivity index (χ1v) is 6.23. The van der Waals surface area contributed by atoms with Gasteiger partial charge in [-0.25, -0.2) is 8.78 Å². The molecule has 0 radical (unpaired) electrons. The Morgan fingerprint density at radius 2 is 1.90 bits per heavy atom. The van der Waals surface area contributed by atoms with Crippen LogP contribution in [0.3, 0.4) is 0 Å². The molecule has 0 amide bonds. The molecule has 3 rings (SSSR count). The molecule has 0 atom stereocenters. The lowest BCUT2D eigenvalue weighted by molar-refractivity contribution is 0.584. The quantitative estimate of drug-likeness (QED) is 0.739. The lowest BCUT2D eigenvalue weighted by Crippen LogP contribution is -2.04. The zero-order valence-electron chi connectivity index (χ0n) is 10.5. The molecule has 3 aromatic rings. The molecule has 2 N–H and O–H groups in total. The van der Waals surface area contributed by atoms with Gasteiger partial charge in [0.25, 0.3) is 0 Å². The third kappa shape index (κ3) is 2.43. The van der Waals surface area contributed by atoms with Crippen molar-refractivity contribution in [2.45, 2.75) is 0 Å². The lowest BCUT2D eigenvalue weighted by atomic mass is 10.1. The predicted molar refractivity (Wildman–Crippen MR) is 73.9 cm³/mol. The monoisotopic (exact) mass is 307 g/mol. The first-order valence-electron chi connectivity index (χ1n) is 5.85. The molecule has 0 fully saturated rings. The van der Waals surface area contributed by atoms with Crippen LogP contribution in [0.2, 0.25) is 5.02 Å². The number of nitrogens with zero attached hydrogens (tertiary/aromatic N) is 4. The highest BCUT2D eigenvalue weighted by Gasteiger charge is 2.17. The van der Waals surface area contributed by atoms with Gasteiger partial charge in [0.05, 0.1) is 0 Å². The van der Waals surface area contributed by atoms with Gasteiger partial charge in [-0.05, 0) is 40.8 Å². The highest BCUT2D eigenvalue weighted by molar-refractivity contribution is 6.31. The van der Waals surface area contributed by atoms with E-state index in [-0.39, 0.29) is 11.5 Å². The Morgan fingerprint density at radius 1 is 1.10 bits per heavy atom. The van der Waals surface area contributed by atoms with E-state index in [0.29, 0.717) is 16.3 Å². The number of anilines is 1. The summed E-state index contributed by atoms with van der Waals surface area (Å²) < 4.78 is 28.3. The fourth-order valence-electron chi connectivity index (χ4n) is 1.89. The Hall–Kier alpha value is -2.54. The Balaban J connectivity index is 2.22. The van der Waals surface area contributed by atoms with Crippen LogP contribution in [0.4, 0.5) is 14.5 Å². The van der Waals surface area contributed by atoms with E-state index in [1.165, 1.54) is 0 Å². The molecule has 8 heteroatoms. The summed E-state index contributed by atoms with van der Waals surface area (Å²) >= 11 is 5.92. The maximum Gasteiger partial charge on any atom is 0.189 e. The summed E-state index contributed by atoms with van der Waals surface area (Å²) in [7, 11) is 0. The van der Waals surface area contributed by atoms with E-state index in [4.69, 9.17) is 17.3 Å². The Labute approximate surface area is 123 Å². The Morgan fingerprint density at radius 3 is 2.71 bits per heavy atom. The Bertz CT molecular complexity index is 752. The molecular formula is C13H8ClF2N5. The highest BCUT2D eigenvalue weighted by atomic mass is 35.5. The van der Waals surface area contributed by atoms with Crippen LogP contribution in [0.25, 0.3) is 17.1 Å². The molecule has 21 heavy (non-hydrogen) atoms. The molecule has 5 nitrogen and oxygen atoms in total. The molecule has 1 aromatic heterocycles. The average Bonchev–Trinajstić information content (AvgIpc) is 2.93. The van der Waals surface area contributed by atoms with Crippen molar-refractivity contribution >= 4 is 17.3 Å². The van der Waals surface area contributed by atoms with Crippen molar-refractivity contribution in [1.82, 2.24) is 20.2 Å². The second kappa shape index (κ2) is 5.10. The van der Waals surface area contributed by atoms with Crippen molar-refractivity contribution in [3.8, 4) is 17.1 Å². The molecule has 0 bridgehead atoms. The van der Waals surface area contributed by atoms with Crippen LogP contribution >= 0.6 is 11.6 Å². The topological polar surface area (TPSA) is 69.6 Å². The number of hydrogen-bond donors (Lipinski definition) is 1. The van der Waals surface area contributed by atoms with Crippen molar-refractivity contribution < 1.29 is 8.78 Å². The largest absolute Gasteiger partial charge is 0.398 e. The van der Waals surface area contributed by atoms with Gasteiger partial charge in [0.2, 0.25) is 0 Å². The van der Waals surface area contributed by atoms with Crippen molar-refractivity contribution in [3.05, 3.63) is 53.1 Å². The zero-order chi connectivity index (χ0) is 15.0. The van der Waals surface area contributed by atoms with E-state index >= 15 is 0 Å². The highest BCUT2D eigenvalue weighted by Crippen LogP contribution is 2.29. The molecule has 0 aliphatic rings. The predicted octanol–water partition coefficient (Wildman–Crippen LogP) is 2.84. The minimum Gasteiger partial charge on any atom is -0.398 e. The number of nitrogen functional groups attached to an aromatic ring is 1. The number of hydrogen-bond acceptors (Lipinski definition) is 4. The van der Waals surface area contributed by atoms with Gasteiger partial charge < -0.3 is 5.73 Å². The van der Waals surface area contributed by atoms with Gasteiger partial charge in [-0.1, -0.05) is 11.6 Å². The summed E-state index contributed by atoms with van der Waals surface area (Å²) in [5.41, 5.74) is 6.54. The fraction of sp³-hybridized carbons (Fsp3) is 0. The van der Waals surface area contributed by atoms with E-state index in [2.05, 4.69) is 15.5 Å². The molecular weight excluding hydrogens is 300 g/mol. The summed E-state index contributed by atoms with van der Waals surface area (Å²) in [5.74, 6) is -1.10. The molecule has 0 spiro atoms. The minimum atomic E-state index is -0.662. The third-order valence-electron chi connectivity index (χ3n) is 2.86. The van der Waals surface area contributed by atoms with Crippen LogP contribution < -0.4 is 5.73 Å². The summed E-state index contributed by atoms with van der Waals surface area (Å²) in [6, 6.07) is 7.75. The van der Waals surface area contributed by atoms with Gasteiger partial charge >= 0.3 is 0 Å². The summed E-state index contributed by atoms with van der Waals surface area (Å²) in [4.78, 5) is 0. The lowest BCUT2D eigenvalue weighted by Gasteiger charge is -2.08. The number of nitrogens with two attached hydrogens (primary N) is 1. The standard InChI is InChI=1S/C13H8ClF2N5/c14-7-1-4-11(17)9(5-7)13-18-19-20-21(13)12-6-8(15)2-3-10(12)16/h1-6H,17H2. The second-order valence-corrected chi connectivity index (χ2v) is 4.68. The van der Waals surface area contributed by atoms with Crippen LogP contribution in [-0.2, 0) is 0 Å². The maximum atomic E-state index is 13.9. The van der Waals surface area contributed by atoms with Crippen molar-refractivity contribution in [2.75, 3.05) is 5.73 Å². The van der Waals surface area contributed by atoms with E-state index in [1.807, 2.05) is 0 Å². The number of halogens is 3. The van der Waals surface area contributed by atoms with Crippen LogP contribution in [0.1, 0.15) is 0 Å². The van der Waals surface area contributed by atoms with Crippen molar-refractivity contribution in [2.24, 2.45) is 0 Å². The van der Waals surface area contributed by atoms with Crippen molar-refractivity contribution in [1.29, 1.82) is 0 Å². The van der Waals surface area contributed by atoms with Gasteiger partial charge in [-0.2, -0.15) is 4.68 Å². The smallest absolute Gasteiger partial charge is 0.189 e. The summed E-state index contributed by atoms with van der Waals surface area (Å²) in [6.45, 7) is 0. The molecule has 0 unspecified atom stereocenters.